The van der Waals surface area contributed by atoms with E-state index in [1.54, 1.807) is 6.07 Å². The van der Waals surface area contributed by atoms with E-state index in [4.69, 9.17) is 16.7 Å². The lowest BCUT2D eigenvalue weighted by atomic mass is 10.2. The van der Waals surface area contributed by atoms with Gasteiger partial charge in [0, 0.05) is 6.20 Å². The minimum Gasteiger partial charge on any atom is -0.478 e. The fourth-order valence-electron chi connectivity index (χ4n) is 1.56. The van der Waals surface area contributed by atoms with Crippen LogP contribution in [0.25, 0.3) is 0 Å². The van der Waals surface area contributed by atoms with Crippen molar-refractivity contribution in [3.05, 3.63) is 52.7 Å². The van der Waals surface area contributed by atoms with Crippen LogP contribution in [-0.4, -0.2) is 24.5 Å². The number of benzene rings is 1. The summed E-state index contributed by atoms with van der Waals surface area (Å²) in [4.78, 5) is 14.7. The van der Waals surface area contributed by atoms with Gasteiger partial charge in [-0.1, -0.05) is 17.7 Å². The minimum atomic E-state index is -3.93. The number of aromatic carboxylic acids is 1. The molecule has 2 N–H and O–H groups in total. The highest BCUT2D eigenvalue weighted by atomic mass is 35.5. The Kier molecular flexibility index (Phi) is 4.15. The molecule has 1 aromatic carbocycles. The summed E-state index contributed by atoms with van der Waals surface area (Å²) in [5.74, 6) is -1.15. The second-order valence-corrected chi connectivity index (χ2v) is 6.36. The molecule has 2 aromatic rings. The topological polar surface area (TPSA) is 96.4 Å². The summed E-state index contributed by atoms with van der Waals surface area (Å²) < 4.78 is 26.6. The quantitative estimate of drug-likeness (QED) is 0.900. The number of nitrogens with one attached hydrogen (secondary N) is 1. The molecule has 0 radical (unpaired) electrons. The van der Waals surface area contributed by atoms with Gasteiger partial charge in [0.1, 0.15) is 5.82 Å². The lowest BCUT2D eigenvalue weighted by Crippen LogP contribution is -2.14. The van der Waals surface area contributed by atoms with Gasteiger partial charge < -0.3 is 5.11 Å². The maximum Gasteiger partial charge on any atom is 0.337 e. The third-order valence-corrected chi connectivity index (χ3v) is 4.31. The summed E-state index contributed by atoms with van der Waals surface area (Å²) in [6.45, 7) is 1.82. The van der Waals surface area contributed by atoms with Gasteiger partial charge in [-0.2, -0.15) is 0 Å². The van der Waals surface area contributed by atoms with Gasteiger partial charge in [-0.25, -0.2) is 18.2 Å². The van der Waals surface area contributed by atoms with E-state index < -0.39 is 16.0 Å². The van der Waals surface area contributed by atoms with Crippen LogP contribution in [0.1, 0.15) is 15.9 Å². The summed E-state index contributed by atoms with van der Waals surface area (Å²) in [7, 11) is -3.93. The summed E-state index contributed by atoms with van der Waals surface area (Å²) in [6.07, 6.45) is 1.52. The molecule has 2 rings (SSSR count). The second kappa shape index (κ2) is 5.71. The first kappa shape index (κ1) is 15.3. The molecule has 0 saturated heterocycles. The van der Waals surface area contributed by atoms with E-state index in [1.165, 1.54) is 24.4 Å². The summed E-state index contributed by atoms with van der Waals surface area (Å²) in [5.41, 5.74) is 0.606. The Morgan fingerprint density at radius 1 is 1.29 bits per heavy atom. The Hall–Kier alpha value is -2.12. The van der Waals surface area contributed by atoms with E-state index in [0.29, 0.717) is 0 Å². The molecule has 1 aromatic heterocycles. The Morgan fingerprint density at radius 3 is 2.57 bits per heavy atom. The number of aromatic nitrogens is 1. The van der Waals surface area contributed by atoms with E-state index in [-0.39, 0.29) is 21.3 Å². The molecule has 0 bridgehead atoms. The predicted octanol–water partition coefficient (Wildman–Crippen LogP) is 2.54. The highest BCUT2D eigenvalue weighted by molar-refractivity contribution is 7.92. The van der Waals surface area contributed by atoms with Gasteiger partial charge in [0.2, 0.25) is 0 Å². The Balaban J connectivity index is 2.38. The number of carbonyl (C=O) groups is 1. The number of hydrogen-bond acceptors (Lipinski definition) is 4. The van der Waals surface area contributed by atoms with Gasteiger partial charge in [0.25, 0.3) is 10.0 Å². The fraction of sp³-hybridized carbons (Fsp3) is 0.0769. The molecule has 0 saturated carbocycles. The van der Waals surface area contributed by atoms with Gasteiger partial charge in [0.15, 0.2) is 0 Å². The molecule has 0 unspecified atom stereocenters. The smallest absolute Gasteiger partial charge is 0.337 e. The Labute approximate surface area is 126 Å². The fourth-order valence-corrected chi connectivity index (χ4v) is 2.79. The van der Waals surface area contributed by atoms with Crippen LogP contribution >= 0.6 is 11.6 Å². The average molecular weight is 327 g/mol. The van der Waals surface area contributed by atoms with E-state index in [1.807, 2.05) is 6.92 Å². The van der Waals surface area contributed by atoms with Crippen LogP contribution in [0.15, 0.2) is 41.4 Å². The molecule has 0 aliphatic heterocycles. The number of hydrogen-bond donors (Lipinski definition) is 2. The van der Waals surface area contributed by atoms with Crippen molar-refractivity contribution in [2.75, 3.05) is 4.72 Å². The average Bonchev–Trinajstić information content (AvgIpc) is 2.41. The molecular formula is C13H11ClN2O4S. The van der Waals surface area contributed by atoms with Crippen molar-refractivity contribution in [3.8, 4) is 0 Å². The van der Waals surface area contributed by atoms with Crippen molar-refractivity contribution in [1.82, 2.24) is 4.98 Å². The molecule has 110 valence electrons. The molecule has 8 heteroatoms. The maximum atomic E-state index is 12.2. The number of halogens is 1. The standard InChI is InChI=1S/C13H11ClN2O4S/c1-8-2-5-12(15-7-8)16-21(19,20)9-3-4-11(14)10(6-9)13(17)18/h2-7H,1H3,(H,15,16)(H,17,18). The van der Waals surface area contributed by atoms with E-state index in [0.717, 1.165) is 11.6 Å². The highest BCUT2D eigenvalue weighted by Crippen LogP contribution is 2.22. The Morgan fingerprint density at radius 2 is 2.00 bits per heavy atom. The number of pyridine rings is 1. The predicted molar refractivity (Wildman–Crippen MR) is 78.2 cm³/mol. The molecular weight excluding hydrogens is 316 g/mol. The van der Waals surface area contributed by atoms with Crippen LogP contribution in [0.4, 0.5) is 5.82 Å². The van der Waals surface area contributed by atoms with Gasteiger partial charge in [-0.3, -0.25) is 4.72 Å². The molecule has 0 aliphatic carbocycles. The van der Waals surface area contributed by atoms with Crippen molar-refractivity contribution in [2.24, 2.45) is 0 Å². The van der Waals surface area contributed by atoms with Crippen molar-refractivity contribution in [2.45, 2.75) is 11.8 Å². The highest BCUT2D eigenvalue weighted by Gasteiger charge is 2.18. The number of rotatable bonds is 4. The van der Waals surface area contributed by atoms with Gasteiger partial charge in [-0.15, -0.1) is 0 Å². The number of aryl methyl sites for hydroxylation is 1. The third-order valence-electron chi connectivity index (χ3n) is 2.63. The second-order valence-electron chi connectivity index (χ2n) is 4.27. The molecule has 1 heterocycles. The lowest BCUT2D eigenvalue weighted by Gasteiger charge is -2.08. The zero-order valence-corrected chi connectivity index (χ0v) is 12.4. The molecule has 0 spiro atoms. The first-order chi connectivity index (χ1) is 9.79. The number of nitrogens with zero attached hydrogens (tertiary/aromatic N) is 1. The van der Waals surface area contributed by atoms with Gasteiger partial charge in [-0.05, 0) is 36.8 Å². The Bertz CT molecular complexity index is 788. The number of anilines is 1. The summed E-state index contributed by atoms with van der Waals surface area (Å²) in [6, 6.07) is 6.67. The molecule has 0 fully saturated rings. The molecule has 0 atom stereocenters. The lowest BCUT2D eigenvalue weighted by molar-refractivity contribution is 0.0697. The number of sulfonamides is 1. The first-order valence-electron chi connectivity index (χ1n) is 5.78. The summed E-state index contributed by atoms with van der Waals surface area (Å²) >= 11 is 5.71. The first-order valence-corrected chi connectivity index (χ1v) is 7.64. The number of carboxylic acids is 1. The minimum absolute atomic E-state index is 0.0325. The van der Waals surface area contributed by atoms with Crippen LogP contribution in [0.5, 0.6) is 0 Å². The molecule has 21 heavy (non-hydrogen) atoms. The van der Waals surface area contributed by atoms with E-state index in [9.17, 15) is 13.2 Å². The van der Waals surface area contributed by atoms with Crippen LogP contribution in [0, 0.1) is 6.92 Å². The summed E-state index contributed by atoms with van der Waals surface area (Å²) in [5, 5.41) is 8.93. The van der Waals surface area contributed by atoms with Crippen molar-refractivity contribution in [1.29, 1.82) is 0 Å². The van der Waals surface area contributed by atoms with Gasteiger partial charge >= 0.3 is 5.97 Å². The molecule has 6 nitrogen and oxygen atoms in total. The van der Waals surface area contributed by atoms with Crippen LogP contribution in [0.2, 0.25) is 5.02 Å². The normalized spacial score (nSPS) is 11.1. The zero-order valence-electron chi connectivity index (χ0n) is 10.9. The molecule has 0 aliphatic rings. The molecule has 0 amide bonds. The monoisotopic (exact) mass is 326 g/mol. The third kappa shape index (κ3) is 3.50. The van der Waals surface area contributed by atoms with Crippen LogP contribution in [-0.2, 0) is 10.0 Å². The van der Waals surface area contributed by atoms with E-state index >= 15 is 0 Å². The van der Waals surface area contributed by atoms with Crippen molar-refractivity contribution in [3.63, 3.8) is 0 Å². The van der Waals surface area contributed by atoms with Crippen LogP contribution in [0.3, 0.4) is 0 Å². The van der Waals surface area contributed by atoms with Crippen molar-refractivity contribution < 1.29 is 18.3 Å². The number of carboxylic acid groups (broad SMARTS) is 1. The zero-order chi connectivity index (χ0) is 15.6. The van der Waals surface area contributed by atoms with Crippen LogP contribution < -0.4 is 4.72 Å². The van der Waals surface area contributed by atoms with Crippen molar-refractivity contribution >= 4 is 33.4 Å². The largest absolute Gasteiger partial charge is 0.478 e. The van der Waals surface area contributed by atoms with E-state index in [2.05, 4.69) is 9.71 Å². The SMILES string of the molecule is Cc1ccc(NS(=O)(=O)c2ccc(Cl)c(C(=O)O)c2)nc1. The van der Waals surface area contributed by atoms with Gasteiger partial charge in [0.05, 0.1) is 15.5 Å². The maximum absolute atomic E-state index is 12.2.